The number of nitro groups is 1. The van der Waals surface area contributed by atoms with Crippen LogP contribution in [0.4, 0.5) is 11.4 Å². The Hall–Kier alpha value is -2.47. The first-order chi connectivity index (χ1) is 9.56. The van der Waals surface area contributed by atoms with E-state index in [2.05, 4.69) is 10.3 Å². The predicted octanol–water partition coefficient (Wildman–Crippen LogP) is 2.82. The molecule has 0 aliphatic rings. The smallest absolute Gasteiger partial charge is 0.273 e. The number of amides is 1. The molecule has 0 bridgehead atoms. The van der Waals surface area contributed by atoms with Crippen molar-refractivity contribution in [1.82, 2.24) is 4.98 Å². The van der Waals surface area contributed by atoms with Crippen molar-refractivity contribution in [3.05, 3.63) is 63.4 Å². The Labute approximate surface area is 119 Å². The van der Waals surface area contributed by atoms with Gasteiger partial charge in [0.15, 0.2) is 0 Å². The zero-order chi connectivity index (χ0) is 14.5. The average molecular weight is 292 g/mol. The highest BCUT2D eigenvalue weighted by molar-refractivity contribution is 6.29. The summed E-state index contributed by atoms with van der Waals surface area (Å²) in [6.45, 7) is 0. The zero-order valence-electron chi connectivity index (χ0n) is 10.2. The van der Waals surface area contributed by atoms with Gasteiger partial charge in [0, 0.05) is 11.6 Å². The summed E-state index contributed by atoms with van der Waals surface area (Å²) >= 11 is 5.63. The van der Waals surface area contributed by atoms with Gasteiger partial charge in [-0.3, -0.25) is 14.9 Å². The lowest BCUT2D eigenvalue weighted by Crippen LogP contribution is -2.15. The summed E-state index contributed by atoms with van der Waals surface area (Å²) in [6, 6.07) is 9.28. The summed E-state index contributed by atoms with van der Waals surface area (Å²) in [6.07, 6.45) is 1.33. The number of benzene rings is 1. The lowest BCUT2D eigenvalue weighted by Gasteiger charge is -2.05. The van der Waals surface area contributed by atoms with Crippen molar-refractivity contribution in [1.29, 1.82) is 0 Å². The molecule has 0 aliphatic carbocycles. The Morgan fingerprint density at radius 1 is 1.30 bits per heavy atom. The van der Waals surface area contributed by atoms with Gasteiger partial charge in [0.1, 0.15) is 5.15 Å². The number of nitrogens with one attached hydrogen (secondary N) is 1. The number of nitrogens with zero attached hydrogens (tertiary/aromatic N) is 2. The number of carbonyl (C=O) groups excluding carboxylic acids is 1. The molecule has 102 valence electrons. The van der Waals surface area contributed by atoms with E-state index in [-0.39, 0.29) is 18.0 Å². The van der Waals surface area contributed by atoms with E-state index in [4.69, 9.17) is 11.6 Å². The van der Waals surface area contributed by atoms with Crippen LogP contribution in [0.25, 0.3) is 0 Å². The largest absolute Gasteiger partial charge is 0.324 e. The minimum atomic E-state index is -0.507. The highest BCUT2D eigenvalue weighted by atomic mass is 35.5. The molecule has 1 aromatic heterocycles. The molecule has 1 N–H and O–H groups in total. The summed E-state index contributed by atoms with van der Waals surface area (Å²) in [4.78, 5) is 26.0. The third-order valence-corrected chi connectivity index (χ3v) is 2.77. The van der Waals surface area contributed by atoms with Crippen molar-refractivity contribution in [3.63, 3.8) is 0 Å². The normalized spacial score (nSPS) is 10.1. The van der Waals surface area contributed by atoms with Crippen LogP contribution in [-0.2, 0) is 11.2 Å². The predicted molar refractivity (Wildman–Crippen MR) is 74.7 cm³/mol. The Morgan fingerprint density at radius 2 is 2.05 bits per heavy atom. The first kappa shape index (κ1) is 14.0. The van der Waals surface area contributed by atoms with Crippen LogP contribution in [0.5, 0.6) is 0 Å². The van der Waals surface area contributed by atoms with Crippen LogP contribution in [0.2, 0.25) is 5.15 Å². The zero-order valence-corrected chi connectivity index (χ0v) is 11.0. The molecule has 0 spiro atoms. The van der Waals surface area contributed by atoms with E-state index in [0.29, 0.717) is 16.4 Å². The molecule has 0 fully saturated rings. The number of aromatic nitrogens is 1. The third-order valence-electron chi connectivity index (χ3n) is 2.55. The molecule has 0 aliphatic heterocycles. The molecule has 2 rings (SSSR count). The van der Waals surface area contributed by atoms with E-state index < -0.39 is 4.92 Å². The van der Waals surface area contributed by atoms with Gasteiger partial charge in [-0.1, -0.05) is 29.8 Å². The van der Waals surface area contributed by atoms with Crippen LogP contribution in [0.15, 0.2) is 42.6 Å². The number of anilines is 1. The number of para-hydroxylation sites is 1. The number of carbonyl (C=O) groups is 1. The molecule has 7 heteroatoms. The lowest BCUT2D eigenvalue weighted by atomic mass is 10.1. The number of pyridine rings is 1. The van der Waals surface area contributed by atoms with E-state index in [9.17, 15) is 14.9 Å². The molecule has 6 nitrogen and oxygen atoms in total. The first-order valence-electron chi connectivity index (χ1n) is 5.70. The van der Waals surface area contributed by atoms with Gasteiger partial charge in [-0.15, -0.1) is 0 Å². The Kier molecular flexibility index (Phi) is 4.27. The van der Waals surface area contributed by atoms with E-state index in [1.54, 1.807) is 30.3 Å². The van der Waals surface area contributed by atoms with Gasteiger partial charge in [-0.25, -0.2) is 4.98 Å². The highest BCUT2D eigenvalue weighted by Crippen LogP contribution is 2.18. The highest BCUT2D eigenvalue weighted by Gasteiger charge is 2.15. The fraction of sp³-hybridized carbons (Fsp3) is 0.0769. The topological polar surface area (TPSA) is 85.1 Å². The minimum Gasteiger partial charge on any atom is -0.324 e. The summed E-state index contributed by atoms with van der Waals surface area (Å²) < 4.78 is 0. The number of nitro benzene ring substituents is 1. The van der Waals surface area contributed by atoms with Gasteiger partial charge in [-0.2, -0.15) is 0 Å². The standard InChI is InChI=1S/C13H10ClN3O3/c14-12-6-5-10(8-15-12)16-13(18)7-9-3-1-2-4-11(9)17(19)20/h1-6,8H,7H2,(H,16,18). The SMILES string of the molecule is O=C(Cc1ccccc1[N+](=O)[O-])Nc1ccc(Cl)nc1. The lowest BCUT2D eigenvalue weighted by molar-refractivity contribution is -0.385. The molecule has 0 saturated carbocycles. The average Bonchev–Trinajstić information content (AvgIpc) is 2.41. The van der Waals surface area contributed by atoms with Crippen molar-refractivity contribution in [3.8, 4) is 0 Å². The summed E-state index contributed by atoms with van der Waals surface area (Å²) in [7, 11) is 0. The number of halogens is 1. The van der Waals surface area contributed by atoms with Crippen molar-refractivity contribution in [2.24, 2.45) is 0 Å². The van der Waals surface area contributed by atoms with Crippen molar-refractivity contribution < 1.29 is 9.72 Å². The number of hydrogen-bond acceptors (Lipinski definition) is 4. The number of hydrogen-bond donors (Lipinski definition) is 1. The van der Waals surface area contributed by atoms with Crippen molar-refractivity contribution >= 4 is 28.9 Å². The van der Waals surface area contributed by atoms with Gasteiger partial charge in [-0.05, 0) is 12.1 Å². The van der Waals surface area contributed by atoms with Crippen LogP contribution < -0.4 is 5.32 Å². The maximum atomic E-state index is 11.8. The Balaban J connectivity index is 2.08. The van der Waals surface area contributed by atoms with Crippen LogP contribution in [0.3, 0.4) is 0 Å². The molecule has 0 radical (unpaired) electrons. The molecule has 0 atom stereocenters. The third kappa shape index (κ3) is 3.52. The Bertz CT molecular complexity index is 644. The van der Waals surface area contributed by atoms with Crippen LogP contribution >= 0.6 is 11.6 Å². The second-order valence-corrected chi connectivity index (χ2v) is 4.37. The molecular weight excluding hydrogens is 282 g/mol. The van der Waals surface area contributed by atoms with E-state index in [1.165, 1.54) is 12.3 Å². The van der Waals surface area contributed by atoms with Crippen LogP contribution in [-0.4, -0.2) is 15.8 Å². The molecule has 0 saturated heterocycles. The van der Waals surface area contributed by atoms with E-state index >= 15 is 0 Å². The van der Waals surface area contributed by atoms with Gasteiger partial charge >= 0.3 is 0 Å². The van der Waals surface area contributed by atoms with E-state index in [0.717, 1.165) is 0 Å². The van der Waals surface area contributed by atoms with Crippen LogP contribution in [0.1, 0.15) is 5.56 Å². The maximum absolute atomic E-state index is 11.8. The minimum absolute atomic E-state index is 0.0723. The van der Waals surface area contributed by atoms with Gasteiger partial charge in [0.25, 0.3) is 5.69 Å². The van der Waals surface area contributed by atoms with Crippen molar-refractivity contribution in [2.75, 3.05) is 5.32 Å². The monoisotopic (exact) mass is 291 g/mol. The van der Waals surface area contributed by atoms with Gasteiger partial charge < -0.3 is 5.32 Å². The van der Waals surface area contributed by atoms with E-state index in [1.807, 2.05) is 0 Å². The molecule has 1 aromatic carbocycles. The fourth-order valence-electron chi connectivity index (χ4n) is 1.67. The first-order valence-corrected chi connectivity index (χ1v) is 6.08. The molecule has 20 heavy (non-hydrogen) atoms. The molecule has 0 unspecified atom stereocenters. The fourth-order valence-corrected chi connectivity index (χ4v) is 1.78. The summed E-state index contributed by atoms with van der Waals surface area (Å²) in [5, 5.41) is 13.8. The molecular formula is C13H10ClN3O3. The van der Waals surface area contributed by atoms with Crippen LogP contribution in [0, 0.1) is 10.1 Å². The summed E-state index contributed by atoms with van der Waals surface area (Å²) in [5.41, 5.74) is 0.770. The maximum Gasteiger partial charge on any atom is 0.273 e. The molecule has 1 amide bonds. The van der Waals surface area contributed by atoms with Gasteiger partial charge in [0.2, 0.25) is 5.91 Å². The molecule has 1 heterocycles. The second-order valence-electron chi connectivity index (χ2n) is 3.98. The van der Waals surface area contributed by atoms with Crippen molar-refractivity contribution in [2.45, 2.75) is 6.42 Å². The van der Waals surface area contributed by atoms with Gasteiger partial charge in [0.05, 0.1) is 23.2 Å². The quantitative estimate of drug-likeness (QED) is 0.533. The molecule has 2 aromatic rings. The summed E-state index contributed by atoms with van der Waals surface area (Å²) in [5.74, 6) is -0.358. The Morgan fingerprint density at radius 3 is 2.70 bits per heavy atom. The number of rotatable bonds is 4. The second kappa shape index (κ2) is 6.12.